The maximum Gasteiger partial charge on any atom is 0.191 e. The van der Waals surface area contributed by atoms with Crippen LogP contribution in [0.25, 0.3) is 10.2 Å². The fraction of sp³-hybridized carbons (Fsp3) is 0.333. The summed E-state index contributed by atoms with van der Waals surface area (Å²) in [6.45, 7) is 4.28. The van der Waals surface area contributed by atoms with E-state index in [4.69, 9.17) is 10.7 Å². The highest BCUT2D eigenvalue weighted by atomic mass is 32.2. The molecule has 1 aliphatic rings. The minimum absolute atomic E-state index is 0.650. The van der Waals surface area contributed by atoms with Gasteiger partial charge < -0.3 is 5.73 Å². The van der Waals surface area contributed by atoms with Crippen molar-refractivity contribution >= 4 is 39.1 Å². The highest BCUT2D eigenvalue weighted by Crippen LogP contribution is 2.39. The second-order valence-electron chi connectivity index (χ2n) is 6.15. The zero-order chi connectivity index (χ0) is 16.0. The van der Waals surface area contributed by atoms with Crippen LogP contribution in [0.4, 0.5) is 5.82 Å². The van der Waals surface area contributed by atoms with E-state index in [1.807, 2.05) is 0 Å². The fourth-order valence-electron chi connectivity index (χ4n) is 3.22. The van der Waals surface area contributed by atoms with Crippen LogP contribution >= 0.6 is 23.1 Å². The van der Waals surface area contributed by atoms with Gasteiger partial charge in [-0.2, -0.15) is 0 Å². The van der Waals surface area contributed by atoms with Crippen LogP contribution in [-0.2, 0) is 18.6 Å². The van der Waals surface area contributed by atoms with E-state index in [1.165, 1.54) is 40.0 Å². The third-order valence-electron chi connectivity index (χ3n) is 4.43. The van der Waals surface area contributed by atoms with Crippen molar-refractivity contribution < 1.29 is 0 Å². The molecule has 0 fully saturated rings. The van der Waals surface area contributed by atoms with Crippen LogP contribution in [0, 0.1) is 13.8 Å². The van der Waals surface area contributed by atoms with Crippen molar-refractivity contribution in [2.24, 2.45) is 0 Å². The van der Waals surface area contributed by atoms with E-state index in [9.17, 15) is 0 Å². The van der Waals surface area contributed by atoms with E-state index in [0.717, 1.165) is 27.5 Å². The normalized spacial score (nSPS) is 13.7. The van der Waals surface area contributed by atoms with Crippen molar-refractivity contribution in [2.75, 3.05) is 5.73 Å². The number of thiophene rings is 1. The highest BCUT2D eigenvalue weighted by molar-refractivity contribution is 7.98. The minimum atomic E-state index is 0.650. The van der Waals surface area contributed by atoms with Gasteiger partial charge in [0, 0.05) is 10.6 Å². The largest absolute Gasteiger partial charge is 0.383 e. The Bertz CT molecular complexity index is 899. The van der Waals surface area contributed by atoms with Crippen molar-refractivity contribution in [1.82, 2.24) is 9.97 Å². The van der Waals surface area contributed by atoms with E-state index in [2.05, 4.69) is 37.0 Å². The Labute approximate surface area is 144 Å². The Kier molecular flexibility index (Phi) is 3.77. The van der Waals surface area contributed by atoms with Crippen LogP contribution in [0.3, 0.4) is 0 Å². The zero-order valence-corrected chi connectivity index (χ0v) is 15.0. The molecular weight excluding hydrogens is 322 g/mol. The first-order valence-corrected chi connectivity index (χ1v) is 9.68. The molecule has 118 valence electrons. The first-order chi connectivity index (χ1) is 11.1. The number of aryl methyl sites for hydroxylation is 4. The molecule has 5 heteroatoms. The molecule has 0 radical (unpaired) electrons. The first-order valence-electron chi connectivity index (χ1n) is 7.88. The molecule has 3 aromatic rings. The lowest BCUT2D eigenvalue weighted by molar-refractivity contribution is 0.916. The lowest BCUT2D eigenvalue weighted by atomic mass is 10.1. The SMILES string of the molecule is Cc1ccc(CSc2nc(N)c3c4c(sc3n2)CCC4)c(C)c1. The molecule has 0 atom stereocenters. The number of fused-ring (bicyclic) bond motifs is 3. The van der Waals surface area contributed by atoms with E-state index < -0.39 is 0 Å². The Morgan fingerprint density at radius 2 is 2.09 bits per heavy atom. The van der Waals surface area contributed by atoms with Gasteiger partial charge in [-0.15, -0.1) is 11.3 Å². The molecule has 0 unspecified atom stereocenters. The number of aromatic nitrogens is 2. The number of thioether (sulfide) groups is 1. The summed E-state index contributed by atoms with van der Waals surface area (Å²) in [4.78, 5) is 11.8. The van der Waals surface area contributed by atoms with Crippen molar-refractivity contribution in [3.05, 3.63) is 45.3 Å². The molecule has 1 aromatic carbocycles. The van der Waals surface area contributed by atoms with Gasteiger partial charge in [0.2, 0.25) is 0 Å². The van der Waals surface area contributed by atoms with Gasteiger partial charge in [0.25, 0.3) is 0 Å². The number of rotatable bonds is 3. The van der Waals surface area contributed by atoms with Crippen LogP contribution in [0.15, 0.2) is 23.4 Å². The highest BCUT2D eigenvalue weighted by Gasteiger charge is 2.21. The van der Waals surface area contributed by atoms with Gasteiger partial charge in [-0.1, -0.05) is 35.5 Å². The second kappa shape index (κ2) is 5.80. The summed E-state index contributed by atoms with van der Waals surface area (Å²) in [5, 5.41) is 1.90. The van der Waals surface area contributed by atoms with Crippen LogP contribution in [-0.4, -0.2) is 9.97 Å². The summed E-state index contributed by atoms with van der Waals surface area (Å²) in [7, 11) is 0. The second-order valence-corrected chi connectivity index (χ2v) is 8.17. The van der Waals surface area contributed by atoms with Crippen molar-refractivity contribution in [1.29, 1.82) is 0 Å². The van der Waals surface area contributed by atoms with Gasteiger partial charge in [-0.25, -0.2) is 9.97 Å². The fourth-order valence-corrected chi connectivity index (χ4v) is 5.47. The molecule has 3 nitrogen and oxygen atoms in total. The Hall–Kier alpha value is -1.59. The molecule has 23 heavy (non-hydrogen) atoms. The average molecular weight is 342 g/mol. The van der Waals surface area contributed by atoms with Gasteiger partial charge >= 0.3 is 0 Å². The number of nitrogens with two attached hydrogens (primary N) is 1. The number of nitrogens with zero attached hydrogens (tertiary/aromatic N) is 2. The Balaban J connectivity index is 1.62. The zero-order valence-electron chi connectivity index (χ0n) is 13.3. The minimum Gasteiger partial charge on any atom is -0.383 e. The number of benzene rings is 1. The van der Waals surface area contributed by atoms with E-state index >= 15 is 0 Å². The predicted molar refractivity (Wildman–Crippen MR) is 99.3 cm³/mol. The standard InChI is InChI=1S/C18H19N3S2/c1-10-6-7-12(11(2)8-10)9-22-18-20-16(19)15-13-4-3-5-14(13)23-17(15)21-18/h6-8H,3-5,9H2,1-2H3,(H2,19,20,21). The molecule has 0 amide bonds. The van der Waals surface area contributed by atoms with E-state index in [-0.39, 0.29) is 0 Å². The van der Waals surface area contributed by atoms with Crippen LogP contribution in [0.1, 0.15) is 33.6 Å². The summed E-state index contributed by atoms with van der Waals surface area (Å²) in [5.74, 6) is 1.53. The average Bonchev–Trinajstić information content (AvgIpc) is 3.06. The maximum atomic E-state index is 6.24. The Morgan fingerprint density at radius 3 is 2.91 bits per heavy atom. The van der Waals surface area contributed by atoms with Crippen molar-refractivity contribution in [3.63, 3.8) is 0 Å². The molecule has 2 N–H and O–H groups in total. The Morgan fingerprint density at radius 1 is 1.22 bits per heavy atom. The van der Waals surface area contributed by atoms with E-state index in [0.29, 0.717) is 5.82 Å². The van der Waals surface area contributed by atoms with Crippen LogP contribution in [0.5, 0.6) is 0 Å². The third-order valence-corrected chi connectivity index (χ3v) is 6.51. The molecule has 4 rings (SSSR count). The van der Waals surface area contributed by atoms with Gasteiger partial charge in [0.15, 0.2) is 5.16 Å². The molecule has 2 heterocycles. The molecule has 2 aromatic heterocycles. The number of hydrogen-bond acceptors (Lipinski definition) is 5. The maximum absolute atomic E-state index is 6.24. The van der Waals surface area contributed by atoms with Gasteiger partial charge in [0.05, 0.1) is 5.39 Å². The summed E-state index contributed by atoms with van der Waals surface area (Å²) in [6.07, 6.45) is 3.53. The van der Waals surface area contributed by atoms with Crippen LogP contribution < -0.4 is 5.73 Å². The van der Waals surface area contributed by atoms with Crippen LogP contribution in [0.2, 0.25) is 0 Å². The molecular formula is C18H19N3S2. The lowest BCUT2D eigenvalue weighted by Crippen LogP contribution is -1.97. The first kappa shape index (κ1) is 15.0. The van der Waals surface area contributed by atoms with Crippen molar-refractivity contribution in [2.45, 2.75) is 44.0 Å². The summed E-state index contributed by atoms with van der Waals surface area (Å²) < 4.78 is 0. The third kappa shape index (κ3) is 2.72. The topological polar surface area (TPSA) is 51.8 Å². The molecule has 0 spiro atoms. The summed E-state index contributed by atoms with van der Waals surface area (Å²) >= 11 is 3.46. The lowest BCUT2D eigenvalue weighted by Gasteiger charge is -2.07. The van der Waals surface area contributed by atoms with Gasteiger partial charge in [-0.05, 0) is 49.8 Å². The monoisotopic (exact) mass is 341 g/mol. The summed E-state index contributed by atoms with van der Waals surface area (Å²) in [5.41, 5.74) is 11.6. The molecule has 0 bridgehead atoms. The molecule has 0 aliphatic heterocycles. The quantitative estimate of drug-likeness (QED) is 0.555. The van der Waals surface area contributed by atoms with E-state index in [1.54, 1.807) is 23.1 Å². The predicted octanol–water partition coefficient (Wildman–Crippen LogP) is 4.67. The molecule has 0 saturated carbocycles. The smallest absolute Gasteiger partial charge is 0.191 e. The van der Waals surface area contributed by atoms with Gasteiger partial charge in [0.1, 0.15) is 10.6 Å². The van der Waals surface area contributed by atoms with Gasteiger partial charge in [-0.3, -0.25) is 0 Å². The molecule has 1 aliphatic carbocycles. The number of nitrogen functional groups attached to an aromatic ring is 1. The number of hydrogen-bond donors (Lipinski definition) is 1. The van der Waals surface area contributed by atoms with Crippen molar-refractivity contribution in [3.8, 4) is 0 Å². The molecule has 0 saturated heterocycles. The number of anilines is 1. The summed E-state index contributed by atoms with van der Waals surface area (Å²) in [6, 6.07) is 6.57.